The van der Waals surface area contributed by atoms with Gasteiger partial charge in [-0.1, -0.05) is 35.0 Å². The third-order valence-electron chi connectivity index (χ3n) is 4.32. The molecule has 1 aliphatic rings. The smallest absolute Gasteiger partial charge is 0.276 e. The van der Waals surface area contributed by atoms with Crippen molar-refractivity contribution in [2.45, 2.75) is 13.8 Å². The Balaban J connectivity index is 1.71. The second-order valence-electron chi connectivity index (χ2n) is 5.84. The van der Waals surface area contributed by atoms with Crippen molar-refractivity contribution in [3.8, 4) is 11.3 Å². The number of hydrogen-bond acceptors (Lipinski definition) is 3. The first-order chi connectivity index (χ1) is 10.7. The van der Waals surface area contributed by atoms with Crippen molar-refractivity contribution in [2.24, 2.45) is 0 Å². The Labute approximate surface area is 130 Å². The first kappa shape index (κ1) is 14.8. The van der Waals surface area contributed by atoms with E-state index < -0.39 is 0 Å². The standard InChI is InChI=1S/C17H21N3O2/c1-3-19-8-10-20(11-9-19)17(21)15-12-16(22-18-15)14-6-4-13(2)5-7-14/h4-7,12H,3,8-11H2,1-2H3/p+1. The Morgan fingerprint density at radius 3 is 2.59 bits per heavy atom. The van der Waals surface area contributed by atoms with Crippen LogP contribution in [0.15, 0.2) is 34.9 Å². The molecule has 0 bridgehead atoms. The van der Waals surface area contributed by atoms with Gasteiger partial charge >= 0.3 is 0 Å². The van der Waals surface area contributed by atoms with E-state index in [2.05, 4.69) is 12.1 Å². The minimum Gasteiger partial charge on any atom is -0.355 e. The van der Waals surface area contributed by atoms with Gasteiger partial charge in [-0.3, -0.25) is 4.79 Å². The molecular weight excluding hydrogens is 278 g/mol. The van der Waals surface area contributed by atoms with E-state index in [1.54, 1.807) is 11.0 Å². The highest BCUT2D eigenvalue weighted by Gasteiger charge is 2.25. The van der Waals surface area contributed by atoms with Crippen LogP contribution in [0, 0.1) is 6.92 Å². The second-order valence-corrected chi connectivity index (χ2v) is 5.84. The molecule has 0 unspecified atom stereocenters. The fraction of sp³-hybridized carbons (Fsp3) is 0.412. The SMILES string of the molecule is CC[NH+]1CCN(C(=O)c2cc(-c3ccc(C)cc3)on2)CC1. The zero-order valence-electron chi connectivity index (χ0n) is 13.1. The molecule has 5 heteroatoms. The molecule has 116 valence electrons. The van der Waals surface area contributed by atoms with Crippen LogP contribution in [0.2, 0.25) is 0 Å². The molecule has 1 aromatic carbocycles. The lowest BCUT2D eigenvalue weighted by atomic mass is 10.1. The van der Waals surface area contributed by atoms with Gasteiger partial charge in [0.2, 0.25) is 0 Å². The molecule has 0 spiro atoms. The molecule has 1 N–H and O–H groups in total. The lowest BCUT2D eigenvalue weighted by molar-refractivity contribution is -0.902. The highest BCUT2D eigenvalue weighted by atomic mass is 16.5. The number of piperazine rings is 1. The Kier molecular flexibility index (Phi) is 4.24. The third-order valence-corrected chi connectivity index (χ3v) is 4.32. The molecule has 0 aliphatic carbocycles. The lowest BCUT2D eigenvalue weighted by Crippen LogP contribution is -3.14. The van der Waals surface area contributed by atoms with Crippen molar-refractivity contribution in [2.75, 3.05) is 32.7 Å². The van der Waals surface area contributed by atoms with Crippen LogP contribution in [0.5, 0.6) is 0 Å². The zero-order chi connectivity index (χ0) is 15.5. The first-order valence-electron chi connectivity index (χ1n) is 7.84. The van der Waals surface area contributed by atoms with Crippen LogP contribution in [-0.2, 0) is 0 Å². The van der Waals surface area contributed by atoms with Gasteiger partial charge in [-0.25, -0.2) is 0 Å². The lowest BCUT2D eigenvalue weighted by Gasteiger charge is -2.31. The van der Waals surface area contributed by atoms with E-state index >= 15 is 0 Å². The number of rotatable bonds is 3. The Hall–Kier alpha value is -2.14. The molecule has 1 aliphatic heterocycles. The predicted molar refractivity (Wildman–Crippen MR) is 83.8 cm³/mol. The van der Waals surface area contributed by atoms with Crippen LogP contribution in [0.4, 0.5) is 0 Å². The van der Waals surface area contributed by atoms with E-state index in [1.165, 1.54) is 5.56 Å². The van der Waals surface area contributed by atoms with Crippen molar-refractivity contribution >= 4 is 5.91 Å². The number of carbonyl (C=O) groups is 1. The van der Waals surface area contributed by atoms with E-state index in [1.807, 2.05) is 36.1 Å². The zero-order valence-corrected chi connectivity index (χ0v) is 13.1. The second kappa shape index (κ2) is 6.32. The van der Waals surface area contributed by atoms with Gasteiger partial charge in [0.25, 0.3) is 5.91 Å². The molecule has 3 rings (SSSR count). The molecule has 1 amide bonds. The van der Waals surface area contributed by atoms with E-state index in [0.29, 0.717) is 11.5 Å². The van der Waals surface area contributed by atoms with E-state index in [0.717, 1.165) is 38.3 Å². The average Bonchev–Trinajstić information content (AvgIpc) is 3.05. The summed E-state index contributed by atoms with van der Waals surface area (Å²) in [5, 5.41) is 3.96. The third kappa shape index (κ3) is 3.04. The number of benzene rings is 1. The van der Waals surface area contributed by atoms with Gasteiger partial charge in [-0.15, -0.1) is 0 Å². The normalized spacial score (nSPS) is 16.0. The number of amides is 1. The van der Waals surface area contributed by atoms with Gasteiger partial charge in [0, 0.05) is 11.6 Å². The molecular formula is C17H22N3O2+. The number of hydrogen-bond donors (Lipinski definition) is 1. The molecule has 2 aromatic rings. The Bertz CT molecular complexity index is 640. The molecule has 2 heterocycles. The minimum absolute atomic E-state index is 0.0303. The molecule has 1 saturated heterocycles. The fourth-order valence-corrected chi connectivity index (χ4v) is 2.77. The molecule has 1 aromatic heterocycles. The van der Waals surface area contributed by atoms with Gasteiger partial charge in [0.1, 0.15) is 0 Å². The summed E-state index contributed by atoms with van der Waals surface area (Å²) in [6.07, 6.45) is 0. The summed E-state index contributed by atoms with van der Waals surface area (Å²) >= 11 is 0. The highest BCUT2D eigenvalue weighted by molar-refractivity contribution is 5.93. The van der Waals surface area contributed by atoms with Crippen LogP contribution in [-0.4, -0.2) is 48.7 Å². The summed E-state index contributed by atoms with van der Waals surface area (Å²) in [6, 6.07) is 9.74. The molecule has 5 nitrogen and oxygen atoms in total. The maximum absolute atomic E-state index is 12.5. The van der Waals surface area contributed by atoms with Crippen LogP contribution < -0.4 is 4.90 Å². The number of quaternary nitrogens is 1. The topological polar surface area (TPSA) is 50.8 Å². The number of nitrogens with zero attached hydrogens (tertiary/aromatic N) is 2. The summed E-state index contributed by atoms with van der Waals surface area (Å²) in [6.45, 7) is 8.91. The molecule has 0 radical (unpaired) electrons. The number of nitrogens with one attached hydrogen (secondary N) is 1. The van der Waals surface area contributed by atoms with Crippen LogP contribution >= 0.6 is 0 Å². The van der Waals surface area contributed by atoms with Crippen molar-refractivity contribution in [3.05, 3.63) is 41.6 Å². The van der Waals surface area contributed by atoms with Crippen molar-refractivity contribution in [1.82, 2.24) is 10.1 Å². The maximum Gasteiger partial charge on any atom is 0.276 e. The number of likely N-dealkylation sites (N-methyl/N-ethyl adjacent to an activating group) is 1. The molecule has 22 heavy (non-hydrogen) atoms. The quantitative estimate of drug-likeness (QED) is 0.920. The summed E-state index contributed by atoms with van der Waals surface area (Å²) in [5.41, 5.74) is 2.53. The van der Waals surface area contributed by atoms with Crippen molar-refractivity contribution in [3.63, 3.8) is 0 Å². The highest BCUT2D eigenvalue weighted by Crippen LogP contribution is 2.21. The molecule has 0 saturated carbocycles. The number of carbonyl (C=O) groups excluding carboxylic acids is 1. The van der Waals surface area contributed by atoms with E-state index in [-0.39, 0.29) is 5.91 Å². The van der Waals surface area contributed by atoms with Gasteiger partial charge in [-0.2, -0.15) is 0 Å². The minimum atomic E-state index is -0.0303. The van der Waals surface area contributed by atoms with Crippen LogP contribution in [0.25, 0.3) is 11.3 Å². The van der Waals surface area contributed by atoms with Gasteiger partial charge in [-0.05, 0) is 13.8 Å². The monoisotopic (exact) mass is 300 g/mol. The largest absolute Gasteiger partial charge is 0.355 e. The van der Waals surface area contributed by atoms with E-state index in [9.17, 15) is 4.79 Å². The number of aromatic nitrogens is 1. The summed E-state index contributed by atoms with van der Waals surface area (Å²) < 4.78 is 5.34. The summed E-state index contributed by atoms with van der Waals surface area (Å²) in [4.78, 5) is 15.9. The van der Waals surface area contributed by atoms with Gasteiger partial charge in [0.05, 0.1) is 32.7 Å². The first-order valence-corrected chi connectivity index (χ1v) is 7.84. The fourth-order valence-electron chi connectivity index (χ4n) is 2.77. The predicted octanol–water partition coefficient (Wildman–Crippen LogP) is 1.01. The maximum atomic E-state index is 12.5. The van der Waals surface area contributed by atoms with Gasteiger partial charge < -0.3 is 14.3 Å². The van der Waals surface area contributed by atoms with Gasteiger partial charge in [0.15, 0.2) is 11.5 Å². The summed E-state index contributed by atoms with van der Waals surface area (Å²) in [7, 11) is 0. The molecule has 0 atom stereocenters. The van der Waals surface area contributed by atoms with Crippen molar-refractivity contribution in [1.29, 1.82) is 0 Å². The summed E-state index contributed by atoms with van der Waals surface area (Å²) in [5.74, 6) is 0.610. The Morgan fingerprint density at radius 1 is 1.27 bits per heavy atom. The Morgan fingerprint density at radius 2 is 1.95 bits per heavy atom. The van der Waals surface area contributed by atoms with Crippen LogP contribution in [0.1, 0.15) is 23.0 Å². The van der Waals surface area contributed by atoms with Crippen molar-refractivity contribution < 1.29 is 14.2 Å². The van der Waals surface area contributed by atoms with E-state index in [4.69, 9.17) is 4.52 Å². The molecule has 1 fully saturated rings. The average molecular weight is 300 g/mol. The van der Waals surface area contributed by atoms with Crippen LogP contribution in [0.3, 0.4) is 0 Å². The number of aryl methyl sites for hydroxylation is 1.